The van der Waals surface area contributed by atoms with Gasteiger partial charge >= 0.3 is 0 Å². The topological polar surface area (TPSA) is 101 Å². The number of hydrogen-bond acceptors (Lipinski definition) is 5. The zero-order valence-corrected chi connectivity index (χ0v) is 14.5. The van der Waals surface area contributed by atoms with Crippen molar-refractivity contribution in [2.24, 2.45) is 0 Å². The highest BCUT2D eigenvalue weighted by atomic mass is 32.2. The Kier molecular flexibility index (Phi) is 4.79. The van der Waals surface area contributed by atoms with Gasteiger partial charge in [0.15, 0.2) is 0 Å². The average molecular weight is 349 g/mol. The molecule has 24 heavy (non-hydrogen) atoms. The number of nitrogens with zero attached hydrogens (tertiary/aromatic N) is 2. The van der Waals surface area contributed by atoms with Crippen molar-refractivity contribution in [3.05, 3.63) is 61.9 Å². The molecule has 0 atom stereocenters. The lowest BCUT2D eigenvalue weighted by Crippen LogP contribution is -2.04. The Morgan fingerprint density at radius 3 is 2.17 bits per heavy atom. The molecule has 8 heteroatoms. The molecule has 7 nitrogen and oxygen atoms in total. The van der Waals surface area contributed by atoms with Gasteiger partial charge in [0.1, 0.15) is 15.8 Å². The Morgan fingerprint density at radius 2 is 1.67 bits per heavy atom. The van der Waals surface area contributed by atoms with Crippen molar-refractivity contribution in [3.8, 4) is 5.75 Å². The molecule has 0 amide bonds. The highest BCUT2D eigenvalue weighted by molar-refractivity contribution is 7.94. The van der Waals surface area contributed by atoms with E-state index in [-0.39, 0.29) is 22.0 Å². The predicted molar refractivity (Wildman–Crippen MR) is 90.5 cm³/mol. The second kappa shape index (κ2) is 6.48. The SMILES string of the molecule is COc1ccc([N+](=O)[O-])cc1[N-]S(=O)(=O)c1c(C)cc(C)cc1C. The number of rotatable bonds is 5. The number of nitro benzene ring substituents is 1. The third kappa shape index (κ3) is 3.48. The summed E-state index contributed by atoms with van der Waals surface area (Å²) in [7, 11) is -2.70. The second-order valence-electron chi connectivity index (χ2n) is 5.41. The van der Waals surface area contributed by atoms with Crippen molar-refractivity contribution < 1.29 is 18.1 Å². The molecule has 0 aliphatic heterocycles. The molecule has 2 aromatic carbocycles. The highest BCUT2D eigenvalue weighted by Crippen LogP contribution is 2.39. The fourth-order valence-electron chi connectivity index (χ4n) is 2.61. The van der Waals surface area contributed by atoms with Crippen molar-refractivity contribution in [1.29, 1.82) is 0 Å². The minimum atomic E-state index is -4.04. The number of methoxy groups -OCH3 is 1. The van der Waals surface area contributed by atoms with Crippen LogP contribution in [0.4, 0.5) is 11.4 Å². The number of hydrogen-bond donors (Lipinski definition) is 0. The van der Waals surface area contributed by atoms with Crippen LogP contribution in [0.25, 0.3) is 4.72 Å². The zero-order valence-electron chi connectivity index (χ0n) is 13.7. The van der Waals surface area contributed by atoms with Gasteiger partial charge < -0.3 is 9.46 Å². The Bertz CT molecular complexity index is 884. The van der Waals surface area contributed by atoms with Gasteiger partial charge in [-0.1, -0.05) is 23.4 Å². The van der Waals surface area contributed by atoms with Gasteiger partial charge in [-0.15, -0.1) is 0 Å². The van der Waals surface area contributed by atoms with Crippen LogP contribution in [-0.4, -0.2) is 20.5 Å². The summed E-state index contributed by atoms with van der Waals surface area (Å²) in [4.78, 5) is 10.4. The fourth-order valence-corrected chi connectivity index (χ4v) is 4.04. The molecule has 0 aromatic heterocycles. The lowest BCUT2D eigenvalue weighted by atomic mass is 10.1. The molecule has 0 N–H and O–H groups in total. The number of nitro groups is 1. The molecule has 0 bridgehead atoms. The van der Waals surface area contributed by atoms with Crippen molar-refractivity contribution in [3.63, 3.8) is 0 Å². The molecule has 0 radical (unpaired) electrons. The van der Waals surface area contributed by atoms with E-state index in [0.717, 1.165) is 11.6 Å². The zero-order chi connectivity index (χ0) is 18.1. The Labute approximate surface area is 140 Å². The maximum Gasteiger partial charge on any atom is 0.268 e. The Hall–Kier alpha value is -2.61. The van der Waals surface area contributed by atoms with Crippen LogP contribution in [0.2, 0.25) is 0 Å². The molecular weight excluding hydrogens is 332 g/mol. The van der Waals surface area contributed by atoms with E-state index in [0.29, 0.717) is 11.1 Å². The summed E-state index contributed by atoms with van der Waals surface area (Å²) >= 11 is 0. The summed E-state index contributed by atoms with van der Waals surface area (Å²) in [5, 5.41) is 10.9. The molecule has 0 heterocycles. The van der Waals surface area contributed by atoms with Crippen molar-refractivity contribution >= 4 is 21.4 Å². The molecule has 0 unspecified atom stereocenters. The quantitative estimate of drug-likeness (QED) is 0.601. The first-order chi connectivity index (χ1) is 11.2. The smallest absolute Gasteiger partial charge is 0.268 e. The van der Waals surface area contributed by atoms with Crippen LogP contribution in [-0.2, 0) is 10.0 Å². The number of benzene rings is 2. The summed E-state index contributed by atoms with van der Waals surface area (Å²) in [5.41, 5.74) is 1.71. The summed E-state index contributed by atoms with van der Waals surface area (Å²) in [6.45, 7) is 5.25. The average Bonchev–Trinajstić information content (AvgIpc) is 2.45. The van der Waals surface area contributed by atoms with Crippen LogP contribution >= 0.6 is 0 Å². The van der Waals surface area contributed by atoms with Crippen LogP contribution < -0.4 is 4.74 Å². The molecule has 0 saturated carbocycles. The Balaban J connectivity index is 2.54. The maximum atomic E-state index is 12.7. The van der Waals surface area contributed by atoms with Gasteiger partial charge in [-0.3, -0.25) is 10.1 Å². The molecule has 0 spiro atoms. The molecule has 2 rings (SSSR count). The van der Waals surface area contributed by atoms with Crippen molar-refractivity contribution in [2.75, 3.05) is 7.11 Å². The van der Waals surface area contributed by atoms with Gasteiger partial charge in [0.05, 0.1) is 16.9 Å². The van der Waals surface area contributed by atoms with Crippen LogP contribution in [0.15, 0.2) is 35.2 Å². The third-order valence-corrected chi connectivity index (χ3v) is 5.05. The third-order valence-electron chi connectivity index (χ3n) is 3.45. The molecule has 0 aliphatic rings. The minimum Gasteiger partial charge on any atom is -0.569 e. The summed E-state index contributed by atoms with van der Waals surface area (Å²) in [6, 6.07) is 7.13. The van der Waals surface area contributed by atoms with E-state index in [4.69, 9.17) is 4.74 Å². The van der Waals surface area contributed by atoms with Crippen LogP contribution in [0.3, 0.4) is 0 Å². The van der Waals surface area contributed by atoms with Gasteiger partial charge in [0.25, 0.3) is 5.69 Å². The lowest BCUT2D eigenvalue weighted by molar-refractivity contribution is -0.384. The van der Waals surface area contributed by atoms with Gasteiger partial charge in [-0.2, -0.15) is 0 Å². The van der Waals surface area contributed by atoms with E-state index >= 15 is 0 Å². The van der Waals surface area contributed by atoms with Crippen LogP contribution in [0, 0.1) is 30.9 Å². The van der Waals surface area contributed by atoms with Gasteiger partial charge in [-0.05, 0) is 38.0 Å². The molecule has 0 saturated heterocycles. The van der Waals surface area contributed by atoms with Gasteiger partial charge in [-0.25, -0.2) is 8.42 Å². The predicted octanol–water partition coefficient (Wildman–Crippen LogP) is 3.92. The molecule has 0 fully saturated rings. The maximum absolute atomic E-state index is 12.7. The first-order valence-corrected chi connectivity index (χ1v) is 8.48. The Morgan fingerprint density at radius 1 is 1.08 bits per heavy atom. The van der Waals surface area contributed by atoms with E-state index in [1.807, 2.05) is 6.92 Å². The first kappa shape index (κ1) is 17.7. The van der Waals surface area contributed by atoms with Crippen molar-refractivity contribution in [1.82, 2.24) is 0 Å². The normalized spacial score (nSPS) is 11.2. The minimum absolute atomic E-state index is 0.0988. The summed E-state index contributed by atoms with van der Waals surface area (Å²) in [5.74, 6) is 0.145. The largest absolute Gasteiger partial charge is 0.569 e. The molecule has 2 aromatic rings. The van der Waals surface area contributed by atoms with E-state index in [2.05, 4.69) is 4.72 Å². The monoisotopic (exact) mass is 349 g/mol. The van der Waals surface area contributed by atoms with Gasteiger partial charge in [0.2, 0.25) is 0 Å². The number of ether oxygens (including phenoxy) is 1. The van der Waals surface area contributed by atoms with E-state index < -0.39 is 14.9 Å². The van der Waals surface area contributed by atoms with E-state index in [1.54, 1.807) is 26.0 Å². The number of sulfonamides is 1. The number of aryl methyl sites for hydroxylation is 3. The summed E-state index contributed by atoms with van der Waals surface area (Å²) < 4.78 is 34.3. The first-order valence-electron chi connectivity index (χ1n) is 7.04. The number of non-ortho nitro benzene ring substituents is 1. The van der Waals surface area contributed by atoms with E-state index in [9.17, 15) is 18.5 Å². The molecule has 0 aliphatic carbocycles. The van der Waals surface area contributed by atoms with E-state index in [1.165, 1.54) is 19.2 Å². The fraction of sp³-hybridized carbons (Fsp3) is 0.250. The van der Waals surface area contributed by atoms with Gasteiger partial charge in [0, 0.05) is 12.1 Å². The molecule has 128 valence electrons. The highest BCUT2D eigenvalue weighted by Gasteiger charge is 2.15. The van der Waals surface area contributed by atoms with Crippen LogP contribution in [0.1, 0.15) is 16.7 Å². The standard InChI is InChI=1S/C16H17N2O5S/c1-10-7-11(2)16(12(3)8-10)24(21,22)17-14-9-13(18(19)20)5-6-15(14)23-4/h5-9H,1-4H3/q-1. The molecular formula is C16H17N2O5S-. The summed E-state index contributed by atoms with van der Waals surface area (Å²) in [6.07, 6.45) is 0. The van der Waals surface area contributed by atoms with Crippen molar-refractivity contribution in [2.45, 2.75) is 25.7 Å². The lowest BCUT2D eigenvalue weighted by Gasteiger charge is -2.26. The second-order valence-corrected chi connectivity index (χ2v) is 6.95. The van der Waals surface area contributed by atoms with Crippen LogP contribution in [0.5, 0.6) is 5.75 Å².